The van der Waals surface area contributed by atoms with Crippen LogP contribution in [0.4, 0.5) is 0 Å². The molecule has 0 heterocycles. The number of carboxylic acid groups (broad SMARTS) is 1. The quantitative estimate of drug-likeness (QED) is 0.473. The minimum Gasteiger partial charge on any atom is -0.480 e. The molecule has 4 nitrogen and oxygen atoms in total. The Morgan fingerprint density at radius 3 is 1.81 bits per heavy atom. The van der Waals surface area contributed by atoms with Crippen LogP contribution in [0.15, 0.2) is 0 Å². The molecule has 0 aromatic carbocycles. The number of unbranched alkanes of at least 4 members (excludes halogenated alkanes) is 7. The highest BCUT2D eigenvalue weighted by atomic mass is 16.4. The second-order valence-corrected chi connectivity index (χ2v) is 4.35. The standard InChI is InChI=1S/C12H26N2O2/c13-10-8-6-4-2-1-3-5-7-9-11(14)12(15)16/h11H,1-10,13-14H2,(H,15,16). The van der Waals surface area contributed by atoms with E-state index in [4.69, 9.17) is 16.6 Å². The van der Waals surface area contributed by atoms with E-state index >= 15 is 0 Å². The van der Waals surface area contributed by atoms with Gasteiger partial charge in [-0.05, 0) is 19.4 Å². The monoisotopic (exact) mass is 230 g/mol. The van der Waals surface area contributed by atoms with Gasteiger partial charge in [0.1, 0.15) is 6.04 Å². The van der Waals surface area contributed by atoms with Gasteiger partial charge in [-0.15, -0.1) is 0 Å². The van der Waals surface area contributed by atoms with Gasteiger partial charge in [0.2, 0.25) is 0 Å². The van der Waals surface area contributed by atoms with E-state index in [1.807, 2.05) is 0 Å². The van der Waals surface area contributed by atoms with Gasteiger partial charge in [-0.2, -0.15) is 0 Å². The molecule has 4 heteroatoms. The average Bonchev–Trinajstić information content (AvgIpc) is 2.26. The van der Waals surface area contributed by atoms with Crippen LogP contribution in [-0.4, -0.2) is 23.7 Å². The van der Waals surface area contributed by atoms with Crippen LogP contribution in [0.3, 0.4) is 0 Å². The first-order valence-corrected chi connectivity index (χ1v) is 6.37. The van der Waals surface area contributed by atoms with Crippen LogP contribution in [0.25, 0.3) is 0 Å². The summed E-state index contributed by atoms with van der Waals surface area (Å²) in [4.78, 5) is 10.4. The van der Waals surface area contributed by atoms with E-state index < -0.39 is 12.0 Å². The molecule has 1 unspecified atom stereocenters. The Hall–Kier alpha value is -0.610. The molecular formula is C12H26N2O2. The summed E-state index contributed by atoms with van der Waals surface area (Å²) in [6.07, 6.45) is 9.96. The zero-order valence-electron chi connectivity index (χ0n) is 10.2. The minimum absolute atomic E-state index is 0.600. The molecular weight excluding hydrogens is 204 g/mol. The van der Waals surface area contributed by atoms with E-state index in [1.165, 1.54) is 32.1 Å². The molecule has 16 heavy (non-hydrogen) atoms. The van der Waals surface area contributed by atoms with Gasteiger partial charge in [0.15, 0.2) is 0 Å². The molecule has 0 fully saturated rings. The number of aliphatic carboxylic acids is 1. The third kappa shape index (κ3) is 9.93. The van der Waals surface area contributed by atoms with Crippen molar-refractivity contribution in [3.8, 4) is 0 Å². The van der Waals surface area contributed by atoms with Crippen molar-refractivity contribution in [2.24, 2.45) is 11.5 Å². The molecule has 1 atom stereocenters. The summed E-state index contributed by atoms with van der Waals surface area (Å²) in [6, 6.07) is -0.676. The Bertz CT molecular complexity index is 174. The van der Waals surface area contributed by atoms with Crippen LogP contribution >= 0.6 is 0 Å². The van der Waals surface area contributed by atoms with E-state index in [2.05, 4.69) is 0 Å². The highest BCUT2D eigenvalue weighted by Gasteiger charge is 2.09. The van der Waals surface area contributed by atoms with E-state index in [0.717, 1.165) is 25.8 Å². The highest BCUT2D eigenvalue weighted by Crippen LogP contribution is 2.10. The second-order valence-electron chi connectivity index (χ2n) is 4.35. The molecule has 0 aliphatic carbocycles. The van der Waals surface area contributed by atoms with Gasteiger partial charge >= 0.3 is 5.97 Å². The summed E-state index contributed by atoms with van der Waals surface area (Å²) < 4.78 is 0. The second kappa shape index (κ2) is 10.9. The predicted molar refractivity (Wildman–Crippen MR) is 66.2 cm³/mol. The van der Waals surface area contributed by atoms with Crippen molar-refractivity contribution in [1.82, 2.24) is 0 Å². The zero-order valence-corrected chi connectivity index (χ0v) is 10.2. The SMILES string of the molecule is NCCCCCCCCCCC(N)C(=O)O. The molecule has 0 rings (SSSR count). The predicted octanol–water partition coefficient (Wildman–Crippen LogP) is 1.87. The fourth-order valence-corrected chi connectivity index (χ4v) is 1.69. The number of hydrogen-bond donors (Lipinski definition) is 3. The number of hydrogen-bond acceptors (Lipinski definition) is 3. The van der Waals surface area contributed by atoms with E-state index in [1.54, 1.807) is 0 Å². The number of carbonyl (C=O) groups is 1. The van der Waals surface area contributed by atoms with Crippen molar-refractivity contribution >= 4 is 5.97 Å². The Balaban J connectivity index is 3.07. The third-order valence-corrected chi connectivity index (χ3v) is 2.79. The van der Waals surface area contributed by atoms with Crippen molar-refractivity contribution in [2.45, 2.75) is 63.8 Å². The summed E-state index contributed by atoms with van der Waals surface area (Å²) in [5.74, 6) is -0.887. The lowest BCUT2D eigenvalue weighted by Gasteiger charge is -2.05. The highest BCUT2D eigenvalue weighted by molar-refractivity contribution is 5.72. The molecule has 0 radical (unpaired) electrons. The van der Waals surface area contributed by atoms with Crippen LogP contribution in [0.2, 0.25) is 0 Å². The Morgan fingerprint density at radius 2 is 1.38 bits per heavy atom. The van der Waals surface area contributed by atoms with Gasteiger partial charge < -0.3 is 16.6 Å². The van der Waals surface area contributed by atoms with Gasteiger partial charge in [0.25, 0.3) is 0 Å². The largest absolute Gasteiger partial charge is 0.480 e. The fraction of sp³-hybridized carbons (Fsp3) is 0.917. The van der Waals surface area contributed by atoms with Gasteiger partial charge in [0, 0.05) is 0 Å². The summed E-state index contributed by atoms with van der Waals surface area (Å²) >= 11 is 0. The van der Waals surface area contributed by atoms with Crippen LogP contribution in [-0.2, 0) is 4.79 Å². The molecule has 0 spiro atoms. The smallest absolute Gasteiger partial charge is 0.320 e. The average molecular weight is 230 g/mol. The molecule has 0 bridgehead atoms. The Morgan fingerprint density at radius 1 is 0.938 bits per heavy atom. The third-order valence-electron chi connectivity index (χ3n) is 2.79. The lowest BCUT2D eigenvalue weighted by Crippen LogP contribution is -2.29. The van der Waals surface area contributed by atoms with Gasteiger partial charge in [0.05, 0.1) is 0 Å². The number of rotatable bonds is 11. The molecule has 0 aliphatic heterocycles. The molecule has 0 aromatic heterocycles. The minimum atomic E-state index is -0.887. The van der Waals surface area contributed by atoms with E-state index in [-0.39, 0.29) is 0 Å². The summed E-state index contributed by atoms with van der Waals surface area (Å²) in [7, 11) is 0. The molecule has 96 valence electrons. The van der Waals surface area contributed by atoms with Crippen molar-refractivity contribution < 1.29 is 9.90 Å². The van der Waals surface area contributed by atoms with E-state index in [9.17, 15) is 4.79 Å². The molecule has 5 N–H and O–H groups in total. The maximum Gasteiger partial charge on any atom is 0.320 e. The van der Waals surface area contributed by atoms with Crippen molar-refractivity contribution in [3.63, 3.8) is 0 Å². The maximum absolute atomic E-state index is 10.4. The molecule has 0 amide bonds. The summed E-state index contributed by atoms with van der Waals surface area (Å²) in [6.45, 7) is 0.799. The molecule has 0 saturated heterocycles. The van der Waals surface area contributed by atoms with Gasteiger partial charge in [-0.3, -0.25) is 4.79 Å². The van der Waals surface area contributed by atoms with Crippen molar-refractivity contribution in [1.29, 1.82) is 0 Å². The summed E-state index contributed by atoms with van der Waals surface area (Å²) in [5, 5.41) is 8.57. The van der Waals surface area contributed by atoms with Crippen molar-refractivity contribution in [3.05, 3.63) is 0 Å². The van der Waals surface area contributed by atoms with E-state index in [0.29, 0.717) is 6.42 Å². The van der Waals surface area contributed by atoms with Crippen LogP contribution in [0.1, 0.15) is 57.8 Å². The Labute approximate surface area is 98.4 Å². The topological polar surface area (TPSA) is 89.3 Å². The zero-order chi connectivity index (χ0) is 12.2. The first-order valence-electron chi connectivity index (χ1n) is 6.37. The lowest BCUT2D eigenvalue weighted by atomic mass is 10.0. The van der Waals surface area contributed by atoms with Crippen LogP contribution in [0, 0.1) is 0 Å². The van der Waals surface area contributed by atoms with Gasteiger partial charge in [-0.25, -0.2) is 0 Å². The first-order chi connectivity index (χ1) is 7.68. The molecule has 0 saturated carbocycles. The van der Waals surface area contributed by atoms with Crippen LogP contribution < -0.4 is 11.5 Å². The first kappa shape index (κ1) is 15.4. The fourth-order valence-electron chi connectivity index (χ4n) is 1.69. The van der Waals surface area contributed by atoms with Crippen molar-refractivity contribution in [2.75, 3.05) is 6.54 Å². The van der Waals surface area contributed by atoms with Gasteiger partial charge in [-0.1, -0.05) is 44.9 Å². The lowest BCUT2D eigenvalue weighted by molar-refractivity contribution is -0.138. The Kier molecular flexibility index (Phi) is 10.5. The normalized spacial score (nSPS) is 12.6. The molecule has 0 aromatic rings. The summed E-state index contributed by atoms with van der Waals surface area (Å²) in [5.41, 5.74) is 10.8. The number of nitrogens with two attached hydrogens (primary N) is 2. The maximum atomic E-state index is 10.4. The van der Waals surface area contributed by atoms with Crippen LogP contribution in [0.5, 0.6) is 0 Å². The number of carboxylic acids is 1. The molecule has 0 aliphatic rings.